The van der Waals surface area contributed by atoms with E-state index in [-0.39, 0.29) is 11.5 Å². The molecule has 0 saturated heterocycles. The fourth-order valence-corrected chi connectivity index (χ4v) is 4.83. The van der Waals surface area contributed by atoms with Gasteiger partial charge >= 0.3 is 12.0 Å². The molecule has 0 aromatic heterocycles. The summed E-state index contributed by atoms with van der Waals surface area (Å²) in [6, 6.07) is 16.4. The van der Waals surface area contributed by atoms with E-state index >= 15 is 0 Å². The molecule has 180 valence electrons. The minimum absolute atomic E-state index is 0.0143. The molecule has 0 atom stereocenters. The predicted molar refractivity (Wildman–Crippen MR) is 135 cm³/mol. The third kappa shape index (κ3) is 5.54. The number of hydrogen-bond acceptors (Lipinski definition) is 6. The molecular weight excluding hydrogens is 464 g/mol. The zero-order valence-electron chi connectivity index (χ0n) is 19.6. The average molecular weight is 491 g/mol. The van der Waals surface area contributed by atoms with Crippen molar-refractivity contribution in [1.29, 1.82) is 0 Å². The van der Waals surface area contributed by atoms with Gasteiger partial charge < -0.3 is 10.1 Å². The fourth-order valence-electron chi connectivity index (χ4n) is 3.99. The van der Waals surface area contributed by atoms with Crippen molar-refractivity contribution in [2.45, 2.75) is 25.2 Å². The topological polar surface area (TPSA) is 102 Å². The lowest BCUT2D eigenvalue weighted by Gasteiger charge is -2.21. The number of amides is 3. The van der Waals surface area contributed by atoms with Gasteiger partial charge in [0.1, 0.15) is 0 Å². The first-order valence-electron chi connectivity index (χ1n) is 11.4. The summed E-state index contributed by atoms with van der Waals surface area (Å²) in [5, 5.41) is 6.48. The van der Waals surface area contributed by atoms with Crippen LogP contribution in [-0.4, -0.2) is 42.6 Å². The van der Waals surface area contributed by atoms with Crippen LogP contribution in [0.4, 0.5) is 4.79 Å². The summed E-state index contributed by atoms with van der Waals surface area (Å²) in [6.45, 7) is 3.99. The molecule has 4 rings (SSSR count). The monoisotopic (exact) mass is 490 g/mol. The Kier molecular flexibility index (Phi) is 7.51. The summed E-state index contributed by atoms with van der Waals surface area (Å²) >= 11 is 1.28. The number of nitrogens with one attached hydrogen (secondary N) is 2. The summed E-state index contributed by atoms with van der Waals surface area (Å²) < 4.78 is 5.02. The summed E-state index contributed by atoms with van der Waals surface area (Å²) in [6.07, 6.45) is 0.797. The van der Waals surface area contributed by atoms with Gasteiger partial charge in [-0.15, -0.1) is 11.8 Å². The lowest BCUT2D eigenvalue weighted by Crippen LogP contribution is -2.42. The molecule has 3 aromatic rings. The molecule has 3 amide bonds. The number of rotatable bonds is 8. The van der Waals surface area contributed by atoms with Crippen molar-refractivity contribution < 1.29 is 23.9 Å². The third-order valence-electron chi connectivity index (χ3n) is 5.68. The van der Waals surface area contributed by atoms with Crippen LogP contribution >= 0.6 is 11.8 Å². The van der Waals surface area contributed by atoms with Crippen molar-refractivity contribution in [3.8, 4) is 11.1 Å². The molecule has 1 aliphatic rings. The smallest absolute Gasteiger partial charge is 0.321 e. The van der Waals surface area contributed by atoms with E-state index in [4.69, 9.17) is 4.74 Å². The molecule has 1 aliphatic carbocycles. The molecule has 35 heavy (non-hydrogen) atoms. The maximum absolute atomic E-state index is 13.0. The van der Waals surface area contributed by atoms with Gasteiger partial charge in [0, 0.05) is 28.0 Å². The Balaban J connectivity index is 1.37. The van der Waals surface area contributed by atoms with E-state index in [9.17, 15) is 19.2 Å². The second-order valence-electron chi connectivity index (χ2n) is 8.65. The number of carbonyl (C=O) groups excluding carboxylic acids is 4. The first-order valence-corrected chi connectivity index (χ1v) is 12.4. The standard InChI is InChI=1S/C27H26N2O5S/c1-16(2)12-13-28-27(33)29-23(30)14-34-24(31)15-35-22-11-10-18-17-6-3-4-7-19(17)26(32)21-9-5-8-20(22)25(18)21/h3-11,16H,12-15H2,1-2H3,(H2,28,29,30,33). The highest BCUT2D eigenvalue weighted by Crippen LogP contribution is 2.42. The normalized spacial score (nSPS) is 11.8. The van der Waals surface area contributed by atoms with Gasteiger partial charge in [-0.3, -0.25) is 19.7 Å². The number of ether oxygens (including phenoxy) is 1. The highest BCUT2D eigenvalue weighted by Gasteiger charge is 2.25. The van der Waals surface area contributed by atoms with Gasteiger partial charge in [0.05, 0.1) is 5.75 Å². The lowest BCUT2D eigenvalue weighted by molar-refractivity contribution is -0.145. The van der Waals surface area contributed by atoms with Crippen molar-refractivity contribution in [1.82, 2.24) is 10.6 Å². The van der Waals surface area contributed by atoms with Crippen LogP contribution in [0.15, 0.2) is 59.5 Å². The molecule has 0 aliphatic heterocycles. The van der Waals surface area contributed by atoms with Crippen molar-refractivity contribution in [3.63, 3.8) is 0 Å². The van der Waals surface area contributed by atoms with Crippen LogP contribution in [0, 0.1) is 5.92 Å². The number of carbonyl (C=O) groups is 4. The molecule has 2 N–H and O–H groups in total. The molecule has 0 saturated carbocycles. The van der Waals surface area contributed by atoms with Crippen LogP contribution in [0.2, 0.25) is 0 Å². The number of esters is 1. The maximum atomic E-state index is 13.0. The zero-order valence-corrected chi connectivity index (χ0v) is 20.4. The van der Waals surface area contributed by atoms with Gasteiger partial charge in [0.15, 0.2) is 12.4 Å². The number of thioether (sulfide) groups is 1. The number of imide groups is 1. The summed E-state index contributed by atoms with van der Waals surface area (Å²) in [4.78, 5) is 49.7. The molecule has 0 unspecified atom stereocenters. The van der Waals surface area contributed by atoms with Gasteiger partial charge in [-0.2, -0.15) is 0 Å². The molecule has 0 bridgehead atoms. The largest absolute Gasteiger partial charge is 0.455 e. The van der Waals surface area contributed by atoms with Crippen LogP contribution in [-0.2, 0) is 14.3 Å². The first-order chi connectivity index (χ1) is 16.8. The average Bonchev–Trinajstić information content (AvgIpc) is 2.84. The van der Waals surface area contributed by atoms with E-state index < -0.39 is 24.5 Å². The lowest BCUT2D eigenvalue weighted by atomic mass is 9.83. The Morgan fingerprint density at radius 3 is 2.43 bits per heavy atom. The zero-order chi connectivity index (χ0) is 24.9. The van der Waals surface area contributed by atoms with Crippen molar-refractivity contribution in [2.24, 2.45) is 5.92 Å². The highest BCUT2D eigenvalue weighted by molar-refractivity contribution is 8.00. The molecule has 0 radical (unpaired) electrons. The van der Waals surface area contributed by atoms with Crippen molar-refractivity contribution in [3.05, 3.63) is 65.7 Å². The Morgan fingerprint density at radius 1 is 0.914 bits per heavy atom. The summed E-state index contributed by atoms with van der Waals surface area (Å²) in [5.41, 5.74) is 3.21. The van der Waals surface area contributed by atoms with Crippen LogP contribution in [0.25, 0.3) is 21.9 Å². The number of urea groups is 1. The first kappa shape index (κ1) is 24.5. The van der Waals surface area contributed by atoms with E-state index in [0.717, 1.165) is 33.2 Å². The maximum Gasteiger partial charge on any atom is 0.321 e. The SMILES string of the molecule is CC(C)CCNC(=O)NC(=O)COC(=O)CSc1ccc2c3c(cccc13)C(=O)c1ccccc1-2. The van der Waals surface area contributed by atoms with Gasteiger partial charge in [0.2, 0.25) is 0 Å². The van der Waals surface area contributed by atoms with Gasteiger partial charge in [-0.1, -0.05) is 62.4 Å². The molecule has 7 nitrogen and oxygen atoms in total. The van der Waals surface area contributed by atoms with Crippen molar-refractivity contribution >= 4 is 46.2 Å². The predicted octanol–water partition coefficient (Wildman–Crippen LogP) is 4.56. The minimum atomic E-state index is -0.691. The Labute approximate surface area is 207 Å². The minimum Gasteiger partial charge on any atom is -0.455 e. The number of fused-ring (bicyclic) bond motifs is 2. The fraction of sp³-hybridized carbons (Fsp3) is 0.259. The van der Waals surface area contributed by atoms with E-state index in [1.165, 1.54) is 11.8 Å². The summed E-state index contributed by atoms with van der Waals surface area (Å²) in [5.74, 6) is -0.865. The van der Waals surface area contributed by atoms with Crippen LogP contribution in [0.1, 0.15) is 36.2 Å². The molecule has 8 heteroatoms. The van der Waals surface area contributed by atoms with Gasteiger partial charge in [0.25, 0.3) is 5.91 Å². The third-order valence-corrected chi connectivity index (χ3v) is 6.72. The number of hydrogen-bond donors (Lipinski definition) is 2. The number of benzene rings is 3. The number of ketones is 1. The van der Waals surface area contributed by atoms with E-state index in [1.807, 2.05) is 68.4 Å². The summed E-state index contributed by atoms with van der Waals surface area (Å²) in [7, 11) is 0. The molecule has 0 heterocycles. The van der Waals surface area contributed by atoms with E-state index in [0.29, 0.717) is 23.6 Å². The Morgan fingerprint density at radius 2 is 1.66 bits per heavy atom. The highest BCUT2D eigenvalue weighted by atomic mass is 32.2. The van der Waals surface area contributed by atoms with Gasteiger partial charge in [-0.05, 0) is 34.9 Å². The van der Waals surface area contributed by atoms with Crippen LogP contribution in [0.5, 0.6) is 0 Å². The second-order valence-corrected chi connectivity index (χ2v) is 9.67. The van der Waals surface area contributed by atoms with E-state index in [1.54, 1.807) is 0 Å². The van der Waals surface area contributed by atoms with Crippen molar-refractivity contribution in [2.75, 3.05) is 18.9 Å². The van der Waals surface area contributed by atoms with Crippen LogP contribution in [0.3, 0.4) is 0 Å². The van der Waals surface area contributed by atoms with E-state index in [2.05, 4.69) is 10.6 Å². The Hall–Kier alpha value is -3.65. The molecule has 0 fully saturated rings. The molecule has 0 spiro atoms. The molecule has 3 aromatic carbocycles. The van der Waals surface area contributed by atoms with Gasteiger partial charge in [-0.25, -0.2) is 4.79 Å². The second kappa shape index (κ2) is 10.7. The quantitative estimate of drug-likeness (QED) is 0.277. The van der Waals surface area contributed by atoms with Crippen LogP contribution < -0.4 is 10.6 Å². The molecular formula is C27H26N2O5S. The Bertz CT molecular complexity index is 1320.